The van der Waals surface area contributed by atoms with Crippen molar-refractivity contribution >= 4 is 0 Å². The first-order valence-electron chi connectivity index (χ1n) is 6.30. The first-order valence-corrected chi connectivity index (χ1v) is 6.30. The predicted molar refractivity (Wildman–Crippen MR) is 67.2 cm³/mol. The molecule has 2 atom stereocenters. The molecule has 0 radical (unpaired) electrons. The lowest BCUT2D eigenvalue weighted by Gasteiger charge is -2.38. The molecule has 0 saturated carbocycles. The molecule has 2 heterocycles. The topological polar surface area (TPSA) is 39.9 Å². The lowest BCUT2D eigenvalue weighted by Crippen LogP contribution is -2.41. The lowest BCUT2D eigenvalue weighted by molar-refractivity contribution is 0.106. The number of rotatable bonds is 2. The number of nitriles is 1. The first kappa shape index (κ1) is 12.1. The summed E-state index contributed by atoms with van der Waals surface area (Å²) in [5.74, 6) is 0.742. The lowest BCUT2D eigenvalue weighted by atomic mass is 9.91. The van der Waals surface area contributed by atoms with Crippen molar-refractivity contribution in [3.05, 3.63) is 29.6 Å². The van der Waals surface area contributed by atoms with E-state index in [4.69, 9.17) is 5.26 Å². The van der Waals surface area contributed by atoms with Crippen LogP contribution in [0.5, 0.6) is 0 Å². The summed E-state index contributed by atoms with van der Waals surface area (Å²) in [6.07, 6.45) is 4.26. The van der Waals surface area contributed by atoms with Gasteiger partial charge in [-0.15, -0.1) is 0 Å². The first-order chi connectivity index (χ1) is 8.22. The Morgan fingerprint density at radius 2 is 2.35 bits per heavy atom. The van der Waals surface area contributed by atoms with E-state index in [1.54, 1.807) is 6.20 Å². The predicted octanol–water partition coefficient (Wildman–Crippen LogP) is 2.57. The fourth-order valence-corrected chi connectivity index (χ4v) is 2.53. The third-order valence-electron chi connectivity index (χ3n) is 3.87. The number of hydrogen-bond acceptors (Lipinski definition) is 3. The molecular formula is C14H19N3. The number of pyridine rings is 1. The maximum Gasteiger partial charge on any atom is 0.144 e. The molecule has 1 saturated heterocycles. The smallest absolute Gasteiger partial charge is 0.144 e. The van der Waals surface area contributed by atoms with Crippen LogP contribution in [0.15, 0.2) is 18.3 Å². The van der Waals surface area contributed by atoms with Gasteiger partial charge in [0.2, 0.25) is 0 Å². The van der Waals surface area contributed by atoms with Gasteiger partial charge in [-0.25, -0.2) is 4.98 Å². The van der Waals surface area contributed by atoms with Crippen LogP contribution in [0.2, 0.25) is 0 Å². The van der Waals surface area contributed by atoms with Gasteiger partial charge >= 0.3 is 0 Å². The molecular weight excluding hydrogens is 210 g/mol. The van der Waals surface area contributed by atoms with Gasteiger partial charge in [-0.2, -0.15) is 5.26 Å². The maximum atomic E-state index is 9.03. The highest BCUT2D eigenvalue weighted by Crippen LogP contribution is 2.24. The fraction of sp³-hybridized carbons (Fsp3) is 0.571. The van der Waals surface area contributed by atoms with Crippen LogP contribution in [-0.2, 0) is 6.54 Å². The van der Waals surface area contributed by atoms with Crippen molar-refractivity contribution < 1.29 is 0 Å². The van der Waals surface area contributed by atoms with Crippen LogP contribution in [0.4, 0.5) is 0 Å². The average Bonchev–Trinajstić information content (AvgIpc) is 2.35. The molecule has 1 aromatic heterocycles. The molecule has 0 bridgehead atoms. The zero-order chi connectivity index (χ0) is 12.3. The van der Waals surface area contributed by atoms with E-state index < -0.39 is 0 Å². The van der Waals surface area contributed by atoms with Crippen molar-refractivity contribution in [1.29, 1.82) is 5.26 Å². The Kier molecular flexibility index (Phi) is 3.75. The highest BCUT2D eigenvalue weighted by molar-refractivity contribution is 5.30. The molecule has 2 unspecified atom stereocenters. The molecule has 1 aliphatic rings. The van der Waals surface area contributed by atoms with Crippen LogP contribution >= 0.6 is 0 Å². The summed E-state index contributed by atoms with van der Waals surface area (Å²) in [5, 5.41) is 9.03. The van der Waals surface area contributed by atoms with Crippen molar-refractivity contribution in [2.45, 2.75) is 39.3 Å². The van der Waals surface area contributed by atoms with Crippen LogP contribution < -0.4 is 0 Å². The van der Waals surface area contributed by atoms with Gasteiger partial charge in [-0.1, -0.05) is 13.0 Å². The fourth-order valence-electron chi connectivity index (χ4n) is 2.53. The van der Waals surface area contributed by atoms with E-state index in [2.05, 4.69) is 29.8 Å². The van der Waals surface area contributed by atoms with E-state index >= 15 is 0 Å². The van der Waals surface area contributed by atoms with E-state index in [9.17, 15) is 0 Å². The van der Waals surface area contributed by atoms with Crippen LogP contribution in [0.3, 0.4) is 0 Å². The standard InChI is InChI=1S/C14H19N3/c1-11-5-4-8-17(12(11)2)10-13-6-3-7-16-14(13)9-15/h3,6-7,11-12H,4-5,8,10H2,1-2H3. The summed E-state index contributed by atoms with van der Waals surface area (Å²) in [6, 6.07) is 6.69. The Morgan fingerprint density at radius 3 is 3.12 bits per heavy atom. The van der Waals surface area contributed by atoms with Gasteiger partial charge in [-0.05, 0) is 38.3 Å². The van der Waals surface area contributed by atoms with E-state index in [0.717, 1.165) is 24.6 Å². The third kappa shape index (κ3) is 2.65. The zero-order valence-electron chi connectivity index (χ0n) is 10.6. The Hall–Kier alpha value is -1.40. The van der Waals surface area contributed by atoms with Gasteiger partial charge in [0, 0.05) is 24.3 Å². The van der Waals surface area contributed by atoms with Crippen LogP contribution in [-0.4, -0.2) is 22.5 Å². The van der Waals surface area contributed by atoms with Crippen molar-refractivity contribution in [3.8, 4) is 6.07 Å². The van der Waals surface area contributed by atoms with E-state index in [0.29, 0.717) is 11.7 Å². The summed E-state index contributed by atoms with van der Waals surface area (Å²) in [4.78, 5) is 6.58. The monoisotopic (exact) mass is 229 g/mol. The van der Waals surface area contributed by atoms with Crippen LogP contribution in [0.1, 0.15) is 37.9 Å². The number of aromatic nitrogens is 1. The van der Waals surface area contributed by atoms with E-state index in [-0.39, 0.29) is 0 Å². The summed E-state index contributed by atoms with van der Waals surface area (Å²) in [7, 11) is 0. The molecule has 0 amide bonds. The van der Waals surface area contributed by atoms with Crippen molar-refractivity contribution in [2.75, 3.05) is 6.54 Å². The maximum absolute atomic E-state index is 9.03. The summed E-state index contributed by atoms with van der Waals surface area (Å²) < 4.78 is 0. The molecule has 17 heavy (non-hydrogen) atoms. The third-order valence-corrected chi connectivity index (χ3v) is 3.87. The molecule has 1 aromatic rings. The molecule has 0 spiro atoms. The van der Waals surface area contributed by atoms with Gasteiger partial charge < -0.3 is 0 Å². The largest absolute Gasteiger partial charge is 0.296 e. The minimum Gasteiger partial charge on any atom is -0.296 e. The minimum absolute atomic E-state index is 0.568. The molecule has 3 heteroatoms. The Labute approximate surface area is 103 Å². The Morgan fingerprint density at radius 1 is 1.53 bits per heavy atom. The summed E-state index contributed by atoms with van der Waals surface area (Å²) >= 11 is 0. The molecule has 1 fully saturated rings. The highest BCUT2D eigenvalue weighted by Gasteiger charge is 2.25. The van der Waals surface area contributed by atoms with Gasteiger partial charge in [0.1, 0.15) is 11.8 Å². The summed E-state index contributed by atoms with van der Waals surface area (Å²) in [6.45, 7) is 6.57. The van der Waals surface area contributed by atoms with Crippen LogP contribution in [0, 0.1) is 17.2 Å². The van der Waals surface area contributed by atoms with Crippen molar-refractivity contribution in [2.24, 2.45) is 5.92 Å². The van der Waals surface area contributed by atoms with Gasteiger partial charge in [-0.3, -0.25) is 4.90 Å². The highest BCUT2D eigenvalue weighted by atomic mass is 15.2. The normalized spacial score (nSPS) is 25.5. The van der Waals surface area contributed by atoms with Gasteiger partial charge in [0.05, 0.1) is 0 Å². The second-order valence-corrected chi connectivity index (χ2v) is 4.95. The quantitative estimate of drug-likeness (QED) is 0.782. The Balaban J connectivity index is 2.12. The molecule has 0 aliphatic carbocycles. The molecule has 0 aromatic carbocycles. The second kappa shape index (κ2) is 5.29. The van der Waals surface area contributed by atoms with Crippen molar-refractivity contribution in [1.82, 2.24) is 9.88 Å². The average molecular weight is 229 g/mol. The zero-order valence-corrected chi connectivity index (χ0v) is 10.6. The van der Waals surface area contributed by atoms with Gasteiger partial charge in [0.15, 0.2) is 0 Å². The number of nitrogens with zero attached hydrogens (tertiary/aromatic N) is 3. The SMILES string of the molecule is CC1CCCN(Cc2cccnc2C#N)C1C. The minimum atomic E-state index is 0.568. The Bertz CT molecular complexity index is 422. The van der Waals surface area contributed by atoms with Crippen LogP contribution in [0.25, 0.3) is 0 Å². The molecule has 90 valence electrons. The number of hydrogen-bond donors (Lipinski definition) is 0. The molecule has 0 N–H and O–H groups in total. The molecule has 3 nitrogen and oxygen atoms in total. The second-order valence-electron chi connectivity index (χ2n) is 4.95. The van der Waals surface area contributed by atoms with E-state index in [1.807, 2.05) is 12.1 Å². The summed E-state index contributed by atoms with van der Waals surface area (Å²) in [5.41, 5.74) is 1.62. The number of piperidine rings is 1. The number of likely N-dealkylation sites (tertiary alicyclic amines) is 1. The van der Waals surface area contributed by atoms with Gasteiger partial charge in [0.25, 0.3) is 0 Å². The molecule has 2 rings (SSSR count). The molecule has 1 aliphatic heterocycles. The van der Waals surface area contributed by atoms with E-state index in [1.165, 1.54) is 12.8 Å². The van der Waals surface area contributed by atoms with Crippen molar-refractivity contribution in [3.63, 3.8) is 0 Å².